The lowest BCUT2D eigenvalue weighted by atomic mass is 9.89. The molecule has 208 valence electrons. The number of aryl methyl sites for hydroxylation is 1. The van der Waals surface area contributed by atoms with Crippen LogP contribution in [-0.4, -0.2) is 60.9 Å². The fourth-order valence-electron chi connectivity index (χ4n) is 5.55. The van der Waals surface area contributed by atoms with Crippen molar-refractivity contribution in [2.75, 3.05) is 39.3 Å². The molecule has 2 amide bonds. The van der Waals surface area contributed by atoms with E-state index in [1.165, 1.54) is 9.75 Å². The third kappa shape index (κ3) is 6.32. The molecule has 2 aromatic rings. The Morgan fingerprint density at radius 1 is 1.03 bits per heavy atom. The van der Waals surface area contributed by atoms with E-state index in [4.69, 9.17) is 11.6 Å². The van der Waals surface area contributed by atoms with Gasteiger partial charge in [0, 0.05) is 57.5 Å². The molecule has 2 aliphatic rings. The first-order valence-electron chi connectivity index (χ1n) is 13.6. The van der Waals surface area contributed by atoms with Crippen molar-refractivity contribution in [3.05, 3.63) is 54.1 Å². The SMILES string of the molecule is Cc1ccc(C(=O)NCCCN2CC3CN(C(=O)c4c(C(C)(C)C)sc(C(C)(C)C)c4Br)CC3C2)cc1Cl. The first-order chi connectivity index (χ1) is 17.7. The summed E-state index contributed by atoms with van der Waals surface area (Å²) >= 11 is 11.8. The highest BCUT2D eigenvalue weighted by Gasteiger charge is 2.43. The number of carbonyl (C=O) groups excluding carboxylic acids is 2. The van der Waals surface area contributed by atoms with Crippen LogP contribution in [0.15, 0.2) is 22.7 Å². The molecule has 2 saturated heterocycles. The first-order valence-corrected chi connectivity index (χ1v) is 15.5. The fourth-order valence-corrected chi connectivity index (χ4v) is 8.37. The maximum atomic E-state index is 13.9. The molecule has 5 nitrogen and oxygen atoms in total. The number of thiophene rings is 1. The Morgan fingerprint density at radius 3 is 2.18 bits per heavy atom. The third-order valence-corrected chi connectivity index (χ3v) is 11.1. The molecule has 1 N–H and O–H groups in total. The monoisotopic (exact) mass is 621 g/mol. The number of halogens is 2. The van der Waals surface area contributed by atoms with Gasteiger partial charge in [-0.2, -0.15) is 0 Å². The average Bonchev–Trinajstić information content (AvgIpc) is 3.48. The average molecular weight is 623 g/mol. The van der Waals surface area contributed by atoms with Crippen LogP contribution >= 0.6 is 38.9 Å². The van der Waals surface area contributed by atoms with Gasteiger partial charge in [0.15, 0.2) is 0 Å². The largest absolute Gasteiger partial charge is 0.352 e. The second-order valence-corrected chi connectivity index (χ2v) is 15.2. The summed E-state index contributed by atoms with van der Waals surface area (Å²) < 4.78 is 0.985. The lowest BCUT2D eigenvalue weighted by molar-refractivity contribution is 0.0771. The summed E-state index contributed by atoms with van der Waals surface area (Å²) in [6.45, 7) is 20.4. The van der Waals surface area contributed by atoms with E-state index in [1.54, 1.807) is 17.4 Å². The fraction of sp³-hybridized carbons (Fsp3) is 0.600. The predicted octanol–water partition coefficient (Wildman–Crippen LogP) is 6.89. The van der Waals surface area contributed by atoms with Crippen LogP contribution in [0.4, 0.5) is 0 Å². The van der Waals surface area contributed by atoms with Gasteiger partial charge in [-0.05, 0) is 76.2 Å². The number of carbonyl (C=O) groups is 2. The van der Waals surface area contributed by atoms with E-state index in [0.29, 0.717) is 29.0 Å². The van der Waals surface area contributed by atoms with Crippen molar-refractivity contribution >= 4 is 50.7 Å². The normalized spacial score (nSPS) is 20.2. The minimum atomic E-state index is -0.0881. The zero-order valence-corrected chi connectivity index (χ0v) is 26.9. The third-order valence-electron chi connectivity index (χ3n) is 7.65. The number of likely N-dealkylation sites (tertiary alicyclic amines) is 2. The molecule has 0 bridgehead atoms. The Labute approximate surface area is 245 Å². The Hall–Kier alpha value is -1.41. The first kappa shape index (κ1) is 29.6. The van der Waals surface area contributed by atoms with Crippen LogP contribution in [0.5, 0.6) is 0 Å². The van der Waals surface area contributed by atoms with Gasteiger partial charge >= 0.3 is 0 Å². The quantitative estimate of drug-likeness (QED) is 0.357. The van der Waals surface area contributed by atoms with Gasteiger partial charge in [0.25, 0.3) is 11.8 Å². The summed E-state index contributed by atoms with van der Waals surface area (Å²) in [6.07, 6.45) is 0.903. The lowest BCUT2D eigenvalue weighted by Crippen LogP contribution is -2.35. The molecule has 2 unspecified atom stereocenters. The number of nitrogens with one attached hydrogen (secondary N) is 1. The summed E-state index contributed by atoms with van der Waals surface area (Å²) in [4.78, 5) is 33.3. The molecular formula is C30H41BrClN3O2S. The van der Waals surface area contributed by atoms with E-state index in [-0.39, 0.29) is 22.6 Å². The zero-order valence-electron chi connectivity index (χ0n) is 23.7. The van der Waals surface area contributed by atoms with E-state index in [2.05, 4.69) is 72.6 Å². The van der Waals surface area contributed by atoms with Gasteiger partial charge in [0.1, 0.15) is 0 Å². The molecule has 8 heteroatoms. The topological polar surface area (TPSA) is 52.7 Å². The van der Waals surface area contributed by atoms with E-state index in [0.717, 1.165) is 54.7 Å². The van der Waals surface area contributed by atoms with Crippen LogP contribution in [0.2, 0.25) is 5.02 Å². The minimum absolute atomic E-state index is 0.0172. The minimum Gasteiger partial charge on any atom is -0.352 e. The molecule has 4 rings (SSSR count). The Kier molecular flexibility index (Phi) is 8.74. The van der Waals surface area contributed by atoms with E-state index in [1.807, 2.05) is 19.1 Å². The summed E-state index contributed by atoms with van der Waals surface area (Å²) in [6, 6.07) is 5.41. The summed E-state index contributed by atoms with van der Waals surface area (Å²) in [5, 5.41) is 3.63. The second kappa shape index (κ2) is 11.2. The van der Waals surface area contributed by atoms with Gasteiger partial charge in [-0.15, -0.1) is 11.3 Å². The smallest absolute Gasteiger partial charge is 0.256 e. The number of amides is 2. The van der Waals surface area contributed by atoms with Gasteiger partial charge < -0.3 is 15.1 Å². The molecule has 2 atom stereocenters. The van der Waals surface area contributed by atoms with E-state index < -0.39 is 0 Å². The van der Waals surface area contributed by atoms with Crippen molar-refractivity contribution in [3.63, 3.8) is 0 Å². The highest BCUT2D eigenvalue weighted by Crippen LogP contribution is 2.46. The van der Waals surface area contributed by atoms with E-state index in [9.17, 15) is 9.59 Å². The number of benzene rings is 1. The highest BCUT2D eigenvalue weighted by molar-refractivity contribution is 9.10. The van der Waals surface area contributed by atoms with Crippen LogP contribution in [-0.2, 0) is 10.8 Å². The van der Waals surface area contributed by atoms with Gasteiger partial charge in [-0.1, -0.05) is 59.2 Å². The number of fused-ring (bicyclic) bond motifs is 1. The molecule has 3 heterocycles. The summed E-state index contributed by atoms with van der Waals surface area (Å²) in [5.74, 6) is 1.12. The Balaban J connectivity index is 1.30. The number of hydrogen-bond acceptors (Lipinski definition) is 4. The van der Waals surface area contributed by atoms with Crippen LogP contribution in [0.1, 0.15) is 84.0 Å². The molecule has 0 saturated carbocycles. The molecule has 0 spiro atoms. The van der Waals surface area contributed by atoms with Crippen molar-refractivity contribution in [2.45, 2.75) is 65.7 Å². The molecular weight excluding hydrogens is 582 g/mol. The van der Waals surface area contributed by atoms with Crippen LogP contribution in [0, 0.1) is 18.8 Å². The summed E-state index contributed by atoms with van der Waals surface area (Å²) in [5.41, 5.74) is 2.33. The number of nitrogens with zero attached hydrogens (tertiary/aromatic N) is 2. The van der Waals surface area contributed by atoms with Crippen molar-refractivity contribution in [2.24, 2.45) is 11.8 Å². The summed E-state index contributed by atoms with van der Waals surface area (Å²) in [7, 11) is 0. The van der Waals surface area contributed by atoms with Gasteiger partial charge in [0.2, 0.25) is 0 Å². The van der Waals surface area contributed by atoms with Crippen molar-refractivity contribution in [3.8, 4) is 0 Å². The van der Waals surface area contributed by atoms with Crippen LogP contribution in [0.3, 0.4) is 0 Å². The molecule has 2 fully saturated rings. The van der Waals surface area contributed by atoms with E-state index >= 15 is 0 Å². The predicted molar refractivity (Wildman–Crippen MR) is 162 cm³/mol. The molecule has 0 radical (unpaired) electrons. The Morgan fingerprint density at radius 2 is 1.63 bits per heavy atom. The van der Waals surface area contributed by atoms with Gasteiger partial charge in [0.05, 0.1) is 5.56 Å². The number of rotatable bonds is 6. The maximum Gasteiger partial charge on any atom is 0.256 e. The van der Waals surface area contributed by atoms with Crippen molar-refractivity contribution in [1.82, 2.24) is 15.1 Å². The van der Waals surface area contributed by atoms with Gasteiger partial charge in [-0.3, -0.25) is 9.59 Å². The lowest BCUT2D eigenvalue weighted by Gasteiger charge is -2.24. The molecule has 1 aromatic carbocycles. The molecule has 2 aliphatic heterocycles. The van der Waals surface area contributed by atoms with Crippen LogP contribution < -0.4 is 5.32 Å². The van der Waals surface area contributed by atoms with Crippen LogP contribution in [0.25, 0.3) is 0 Å². The maximum absolute atomic E-state index is 13.9. The highest BCUT2D eigenvalue weighted by atomic mass is 79.9. The van der Waals surface area contributed by atoms with Crippen molar-refractivity contribution < 1.29 is 9.59 Å². The zero-order chi connectivity index (χ0) is 28.0. The van der Waals surface area contributed by atoms with Gasteiger partial charge in [-0.25, -0.2) is 0 Å². The number of hydrogen-bond donors (Lipinski definition) is 1. The molecule has 0 aliphatic carbocycles. The standard InChI is InChI=1S/C30H41BrClN3O2S/c1-18-9-10-19(13-22(18)32)27(36)33-11-8-12-34-14-20-16-35(17-21(20)15-34)28(37)23-24(31)26(30(5,6)7)38-25(23)29(2,3)4/h9-10,13,20-21H,8,11-12,14-17H2,1-7H3,(H,33,36). The van der Waals surface area contributed by atoms with Crippen molar-refractivity contribution in [1.29, 1.82) is 0 Å². The second-order valence-electron chi connectivity index (χ2n) is 13.0. The Bertz CT molecular complexity index is 1200. The molecule has 38 heavy (non-hydrogen) atoms. The molecule has 1 aromatic heterocycles.